The fraction of sp³-hybridized carbons (Fsp3) is 0.208. The number of halogens is 2. The van der Waals surface area contributed by atoms with E-state index in [1.807, 2.05) is 48.5 Å². The van der Waals surface area contributed by atoms with Gasteiger partial charge in [0, 0.05) is 28.7 Å². The van der Waals surface area contributed by atoms with Crippen LogP contribution >= 0.6 is 23.2 Å². The second kappa shape index (κ2) is 10.2. The molecule has 1 aliphatic rings. The zero-order valence-electron chi connectivity index (χ0n) is 17.6. The van der Waals surface area contributed by atoms with Crippen LogP contribution in [0.3, 0.4) is 0 Å². The first-order chi connectivity index (χ1) is 15.8. The minimum absolute atomic E-state index is 0.0377. The number of rotatable bonds is 8. The average molecular weight is 504 g/mol. The van der Waals surface area contributed by atoms with E-state index < -0.39 is 15.9 Å². The first-order valence-corrected chi connectivity index (χ1v) is 12.8. The van der Waals surface area contributed by atoms with Gasteiger partial charge in [0.2, 0.25) is 10.0 Å². The Morgan fingerprint density at radius 3 is 1.91 bits per heavy atom. The summed E-state index contributed by atoms with van der Waals surface area (Å²) in [5.74, 6) is -0.634. The van der Waals surface area contributed by atoms with Crippen molar-refractivity contribution in [2.75, 3.05) is 18.8 Å². The molecule has 1 saturated heterocycles. The smallest absolute Gasteiger partial charge is 0.266 e. The minimum Gasteiger partial charge on any atom is -0.292 e. The van der Waals surface area contributed by atoms with E-state index in [0.29, 0.717) is 28.7 Å². The quantitative estimate of drug-likeness (QED) is 0.449. The van der Waals surface area contributed by atoms with Crippen molar-refractivity contribution >= 4 is 39.1 Å². The Labute approximate surface area is 203 Å². The molecule has 0 unspecified atom stereocenters. The van der Waals surface area contributed by atoms with Gasteiger partial charge in [0.05, 0.1) is 11.8 Å². The van der Waals surface area contributed by atoms with Crippen LogP contribution in [0.1, 0.15) is 27.5 Å². The molecule has 172 valence electrons. The fourth-order valence-corrected chi connectivity index (χ4v) is 5.38. The predicted molar refractivity (Wildman–Crippen MR) is 131 cm³/mol. The first-order valence-electron chi connectivity index (χ1n) is 10.4. The number of hydrogen-bond acceptors (Lipinski definition) is 4. The number of nitrogens with zero attached hydrogens (tertiary/aromatic N) is 1. The molecule has 2 N–H and O–H groups in total. The summed E-state index contributed by atoms with van der Waals surface area (Å²) in [6.45, 7) is 1.20. The van der Waals surface area contributed by atoms with Gasteiger partial charge in [-0.05, 0) is 53.4 Å². The van der Waals surface area contributed by atoms with Crippen molar-refractivity contribution < 1.29 is 13.2 Å². The van der Waals surface area contributed by atoms with Crippen LogP contribution in [0.4, 0.5) is 0 Å². The van der Waals surface area contributed by atoms with E-state index in [1.54, 1.807) is 30.3 Å². The molecule has 4 rings (SSSR count). The van der Waals surface area contributed by atoms with Gasteiger partial charge in [-0.3, -0.25) is 15.1 Å². The number of carbonyl (C=O) groups excluding carboxylic acids is 1. The molecule has 3 aromatic rings. The third-order valence-corrected chi connectivity index (χ3v) is 7.36. The molecule has 1 fully saturated rings. The molecule has 1 heterocycles. The highest BCUT2D eigenvalue weighted by molar-refractivity contribution is 7.89. The van der Waals surface area contributed by atoms with Gasteiger partial charge in [-0.25, -0.2) is 8.42 Å². The summed E-state index contributed by atoms with van der Waals surface area (Å²) in [5.41, 5.74) is 4.78. The molecule has 0 aliphatic carbocycles. The molecule has 0 spiro atoms. The summed E-state index contributed by atoms with van der Waals surface area (Å²) >= 11 is 12.1. The number of carbonyl (C=O) groups is 1. The van der Waals surface area contributed by atoms with E-state index >= 15 is 0 Å². The van der Waals surface area contributed by atoms with Crippen molar-refractivity contribution in [2.24, 2.45) is 5.92 Å². The van der Waals surface area contributed by atoms with Crippen LogP contribution in [-0.4, -0.2) is 38.1 Å². The number of sulfonamides is 1. The van der Waals surface area contributed by atoms with Gasteiger partial charge in [-0.1, -0.05) is 65.7 Å². The maximum atomic E-state index is 12.5. The zero-order valence-corrected chi connectivity index (χ0v) is 19.9. The van der Waals surface area contributed by atoms with E-state index in [1.165, 1.54) is 0 Å². The molecule has 3 aromatic carbocycles. The number of likely N-dealkylation sites (tertiary alicyclic amines) is 1. The average Bonchev–Trinajstić information content (AvgIpc) is 2.79. The normalized spacial score (nSPS) is 14.8. The van der Waals surface area contributed by atoms with E-state index in [9.17, 15) is 13.2 Å². The Kier molecular flexibility index (Phi) is 7.36. The Morgan fingerprint density at radius 1 is 0.879 bits per heavy atom. The minimum atomic E-state index is -3.68. The standard InChI is InChI=1S/C24H23Cl2N3O3S/c25-21-10-6-18(7-11-21)23(19-8-12-22(26)13-9-19)29-14-17(15-29)16-33(31,32)28-27-24(30)20-4-2-1-3-5-20/h1-13,17,23,28H,14-16H2,(H,27,30). The van der Waals surface area contributed by atoms with Gasteiger partial charge in [-0.2, -0.15) is 0 Å². The highest BCUT2D eigenvalue weighted by atomic mass is 35.5. The molecule has 1 amide bonds. The van der Waals surface area contributed by atoms with Gasteiger partial charge >= 0.3 is 0 Å². The fourth-order valence-electron chi connectivity index (χ4n) is 3.97. The molecule has 1 aliphatic heterocycles. The third kappa shape index (κ3) is 6.13. The van der Waals surface area contributed by atoms with Crippen LogP contribution in [0, 0.1) is 5.92 Å². The van der Waals surface area contributed by atoms with Gasteiger partial charge in [0.1, 0.15) is 0 Å². The maximum absolute atomic E-state index is 12.5. The largest absolute Gasteiger partial charge is 0.292 e. The van der Waals surface area contributed by atoms with Crippen LogP contribution in [-0.2, 0) is 10.0 Å². The molecule has 0 aromatic heterocycles. The molecular formula is C24H23Cl2N3O3S. The van der Waals surface area contributed by atoms with Crippen molar-refractivity contribution in [1.82, 2.24) is 15.2 Å². The highest BCUT2D eigenvalue weighted by Gasteiger charge is 2.36. The van der Waals surface area contributed by atoms with E-state index in [0.717, 1.165) is 11.1 Å². The van der Waals surface area contributed by atoms with Crippen LogP contribution < -0.4 is 10.3 Å². The Hall–Kier alpha value is -2.42. The number of hydrogen-bond donors (Lipinski definition) is 2. The predicted octanol–water partition coefficient (Wildman–Crippen LogP) is 4.28. The summed E-state index contributed by atoms with van der Waals surface area (Å²) in [5, 5.41) is 1.31. The topological polar surface area (TPSA) is 78.5 Å². The number of hydrazine groups is 1. The third-order valence-electron chi connectivity index (χ3n) is 5.53. The van der Waals surface area contributed by atoms with E-state index in [-0.39, 0.29) is 17.7 Å². The summed E-state index contributed by atoms with van der Waals surface area (Å²) in [4.78, 5) is 16.5. The zero-order chi connectivity index (χ0) is 23.4. The molecule has 0 bridgehead atoms. The molecule has 0 radical (unpaired) electrons. The second-order valence-corrected chi connectivity index (χ2v) is 10.7. The van der Waals surface area contributed by atoms with Crippen LogP contribution in [0.15, 0.2) is 78.9 Å². The first kappa shape index (κ1) is 23.7. The van der Waals surface area contributed by atoms with Crippen molar-refractivity contribution in [2.45, 2.75) is 6.04 Å². The second-order valence-electron chi connectivity index (χ2n) is 8.03. The van der Waals surface area contributed by atoms with Crippen molar-refractivity contribution in [3.8, 4) is 0 Å². The van der Waals surface area contributed by atoms with Gasteiger partial charge in [-0.15, -0.1) is 4.83 Å². The molecule has 9 heteroatoms. The molecule has 0 atom stereocenters. The lowest BCUT2D eigenvalue weighted by Crippen LogP contribution is -2.53. The summed E-state index contributed by atoms with van der Waals surface area (Å²) in [6.07, 6.45) is 0. The van der Waals surface area contributed by atoms with Crippen LogP contribution in [0.2, 0.25) is 10.0 Å². The SMILES string of the molecule is O=C(NNS(=O)(=O)CC1CN(C(c2ccc(Cl)cc2)c2ccc(Cl)cc2)C1)c1ccccc1. The lowest BCUT2D eigenvalue weighted by Gasteiger charge is -2.44. The summed E-state index contributed by atoms with van der Waals surface area (Å²) < 4.78 is 25.0. The van der Waals surface area contributed by atoms with Crippen LogP contribution in [0.25, 0.3) is 0 Å². The molecule has 0 saturated carbocycles. The van der Waals surface area contributed by atoms with Crippen molar-refractivity contribution in [1.29, 1.82) is 0 Å². The molecule has 33 heavy (non-hydrogen) atoms. The molecular weight excluding hydrogens is 481 g/mol. The lowest BCUT2D eigenvalue weighted by molar-refractivity contribution is 0.0809. The Morgan fingerprint density at radius 2 is 1.39 bits per heavy atom. The Balaban J connectivity index is 1.38. The van der Waals surface area contributed by atoms with Crippen molar-refractivity contribution in [3.05, 3.63) is 106 Å². The van der Waals surface area contributed by atoms with Gasteiger partial charge < -0.3 is 0 Å². The number of benzene rings is 3. The monoisotopic (exact) mass is 503 g/mol. The maximum Gasteiger partial charge on any atom is 0.266 e. The summed E-state index contributed by atoms with van der Waals surface area (Å²) in [6, 6.07) is 23.7. The van der Waals surface area contributed by atoms with Crippen LogP contribution in [0.5, 0.6) is 0 Å². The lowest BCUT2D eigenvalue weighted by atomic mass is 9.91. The van der Waals surface area contributed by atoms with E-state index in [4.69, 9.17) is 23.2 Å². The summed E-state index contributed by atoms with van der Waals surface area (Å²) in [7, 11) is -3.68. The number of nitrogens with one attached hydrogen (secondary N) is 2. The number of amides is 1. The molecule has 6 nitrogen and oxygen atoms in total. The van der Waals surface area contributed by atoms with Gasteiger partial charge in [0.15, 0.2) is 0 Å². The Bertz CT molecular complexity index is 1150. The highest BCUT2D eigenvalue weighted by Crippen LogP contribution is 2.35. The van der Waals surface area contributed by atoms with Gasteiger partial charge in [0.25, 0.3) is 5.91 Å². The van der Waals surface area contributed by atoms with E-state index in [2.05, 4.69) is 15.2 Å². The van der Waals surface area contributed by atoms with Crippen molar-refractivity contribution in [3.63, 3.8) is 0 Å².